The van der Waals surface area contributed by atoms with Gasteiger partial charge in [0.05, 0.1) is 11.7 Å². The lowest BCUT2D eigenvalue weighted by molar-refractivity contribution is -0.272. The fraction of sp³-hybridized carbons (Fsp3) is 0.515. The molecule has 0 N–H and O–H groups in total. The van der Waals surface area contributed by atoms with Crippen LogP contribution in [0.5, 0.6) is 0 Å². The van der Waals surface area contributed by atoms with Gasteiger partial charge >= 0.3 is 6.11 Å². The van der Waals surface area contributed by atoms with E-state index in [2.05, 4.69) is 25.3 Å². The van der Waals surface area contributed by atoms with Crippen LogP contribution in [-0.2, 0) is 10.8 Å². The highest BCUT2D eigenvalue weighted by atomic mass is 19.3. The van der Waals surface area contributed by atoms with Gasteiger partial charge in [-0.2, -0.15) is 8.78 Å². The Morgan fingerprint density at radius 1 is 0.833 bits per heavy atom. The second-order valence-electron chi connectivity index (χ2n) is 11.0. The van der Waals surface area contributed by atoms with Crippen LogP contribution in [0, 0.1) is 11.8 Å². The number of hydrogen-bond donors (Lipinski definition) is 0. The fourth-order valence-electron chi connectivity index (χ4n) is 6.17. The van der Waals surface area contributed by atoms with Crippen molar-refractivity contribution in [3.63, 3.8) is 0 Å². The average molecular weight is 493 g/mol. The first-order valence-electron chi connectivity index (χ1n) is 13.9. The van der Waals surface area contributed by atoms with Crippen molar-refractivity contribution in [2.24, 2.45) is 11.8 Å². The van der Waals surface area contributed by atoms with Gasteiger partial charge in [0.25, 0.3) is 0 Å². The summed E-state index contributed by atoms with van der Waals surface area (Å²) in [6, 6.07) is 14.9. The van der Waals surface area contributed by atoms with Gasteiger partial charge in [-0.15, -0.1) is 13.2 Å². The molecule has 194 valence electrons. The number of allylic oxidation sites excluding steroid dienone is 2. The van der Waals surface area contributed by atoms with Crippen LogP contribution >= 0.6 is 0 Å². The van der Waals surface area contributed by atoms with Gasteiger partial charge in [0, 0.05) is 0 Å². The highest BCUT2D eigenvalue weighted by Crippen LogP contribution is 2.40. The van der Waals surface area contributed by atoms with E-state index in [1.54, 1.807) is 6.92 Å². The molecule has 2 aliphatic carbocycles. The molecule has 0 bridgehead atoms. The van der Waals surface area contributed by atoms with Gasteiger partial charge in [-0.3, -0.25) is 0 Å². The molecule has 0 aromatic heterocycles. The van der Waals surface area contributed by atoms with Gasteiger partial charge in [0.1, 0.15) is 0 Å². The van der Waals surface area contributed by atoms with Crippen LogP contribution in [0.3, 0.4) is 0 Å². The first kappa shape index (κ1) is 26.8. The maximum atomic E-state index is 15.0. The van der Waals surface area contributed by atoms with E-state index in [0.29, 0.717) is 17.8 Å². The van der Waals surface area contributed by atoms with E-state index in [1.807, 2.05) is 36.4 Å². The Labute approximate surface area is 216 Å². The third kappa shape index (κ3) is 6.73. The second-order valence-corrected chi connectivity index (χ2v) is 11.0. The van der Waals surface area contributed by atoms with Crippen LogP contribution in [0.25, 0.3) is 0 Å². The highest BCUT2D eigenvalue weighted by Gasteiger charge is 2.35. The Balaban J connectivity index is 1.31. The van der Waals surface area contributed by atoms with Crippen LogP contribution in [0.1, 0.15) is 111 Å². The Hall–Kier alpha value is -2.26. The molecule has 0 saturated heterocycles. The van der Waals surface area contributed by atoms with Crippen LogP contribution in [0.2, 0.25) is 0 Å². The SMILES string of the molecule is C=CCCC1CCC(c2ccc(C(C)OC(F)(F)c3ccc(C4CCC(C=C)CC4)cc3)cc2)CC1. The van der Waals surface area contributed by atoms with E-state index in [1.165, 1.54) is 49.8 Å². The van der Waals surface area contributed by atoms with Crippen LogP contribution in [0.15, 0.2) is 73.8 Å². The van der Waals surface area contributed by atoms with E-state index in [-0.39, 0.29) is 5.56 Å². The largest absolute Gasteiger partial charge is 0.383 e. The van der Waals surface area contributed by atoms with Gasteiger partial charge in [0.2, 0.25) is 0 Å². The molecule has 0 aliphatic heterocycles. The van der Waals surface area contributed by atoms with E-state index in [0.717, 1.165) is 49.1 Å². The first-order valence-corrected chi connectivity index (χ1v) is 13.9. The number of hydrogen-bond acceptors (Lipinski definition) is 1. The molecule has 2 aromatic rings. The predicted molar refractivity (Wildman–Crippen MR) is 145 cm³/mol. The zero-order chi connectivity index (χ0) is 25.5. The zero-order valence-corrected chi connectivity index (χ0v) is 21.8. The van der Waals surface area contributed by atoms with Crippen molar-refractivity contribution in [1.29, 1.82) is 0 Å². The molecule has 3 heteroatoms. The normalized spacial score (nSPS) is 25.8. The highest BCUT2D eigenvalue weighted by molar-refractivity contribution is 5.29. The molecule has 1 unspecified atom stereocenters. The summed E-state index contributed by atoms with van der Waals surface area (Å²) >= 11 is 0. The Morgan fingerprint density at radius 2 is 1.36 bits per heavy atom. The fourth-order valence-corrected chi connectivity index (χ4v) is 6.17. The summed E-state index contributed by atoms with van der Waals surface area (Å²) in [7, 11) is 0. The summed E-state index contributed by atoms with van der Waals surface area (Å²) in [5.74, 6) is 2.43. The maximum Gasteiger partial charge on any atom is 0.383 e. The summed E-state index contributed by atoms with van der Waals surface area (Å²) in [5.41, 5.74) is 3.17. The lowest BCUT2D eigenvalue weighted by Crippen LogP contribution is -2.20. The zero-order valence-electron chi connectivity index (χ0n) is 21.8. The minimum atomic E-state index is -3.33. The number of alkyl halides is 2. The Bertz CT molecular complexity index is 962. The monoisotopic (exact) mass is 492 g/mol. The van der Waals surface area contributed by atoms with E-state index < -0.39 is 12.2 Å². The summed E-state index contributed by atoms with van der Waals surface area (Å²) in [4.78, 5) is 0. The molecule has 4 rings (SSSR count). The lowest BCUT2D eigenvalue weighted by atomic mass is 9.77. The smallest absolute Gasteiger partial charge is 0.309 e. The molecule has 0 spiro atoms. The molecule has 1 atom stereocenters. The Morgan fingerprint density at radius 3 is 1.89 bits per heavy atom. The molecule has 2 aliphatic rings. The molecule has 2 fully saturated rings. The Kier molecular flexibility index (Phi) is 9.17. The molecule has 0 radical (unpaired) electrons. The quantitative estimate of drug-likeness (QED) is 0.300. The molecule has 2 saturated carbocycles. The van der Waals surface area contributed by atoms with Gasteiger partial charge in [0.15, 0.2) is 0 Å². The van der Waals surface area contributed by atoms with Crippen molar-refractivity contribution >= 4 is 0 Å². The third-order valence-corrected chi connectivity index (χ3v) is 8.65. The number of rotatable bonds is 10. The van der Waals surface area contributed by atoms with Gasteiger partial charge in [-0.1, -0.05) is 60.7 Å². The standard InChI is InChI=1S/C33H42F2O/c1-4-6-7-26-10-14-29(15-11-26)30-18-16-27(17-19-30)24(3)36-33(34,35)32-22-20-31(21-23-32)28-12-8-25(5-2)9-13-28/h4-5,16-26,28-29H,1-2,6-15H2,3H3. The van der Waals surface area contributed by atoms with Crippen LogP contribution < -0.4 is 0 Å². The summed E-state index contributed by atoms with van der Waals surface area (Å²) in [6.45, 7) is 9.45. The van der Waals surface area contributed by atoms with E-state index in [4.69, 9.17) is 4.74 Å². The van der Waals surface area contributed by atoms with Gasteiger partial charge in [-0.05, 0) is 111 Å². The van der Waals surface area contributed by atoms with Crippen LogP contribution in [-0.4, -0.2) is 0 Å². The average Bonchev–Trinajstić information content (AvgIpc) is 2.92. The minimum absolute atomic E-state index is 0.0808. The summed E-state index contributed by atoms with van der Waals surface area (Å²) in [6.07, 6.45) is 11.8. The van der Waals surface area contributed by atoms with E-state index >= 15 is 8.78 Å². The van der Waals surface area contributed by atoms with Crippen molar-refractivity contribution in [2.75, 3.05) is 0 Å². The molecule has 1 nitrogen and oxygen atoms in total. The second kappa shape index (κ2) is 12.3. The first-order chi connectivity index (χ1) is 17.4. The van der Waals surface area contributed by atoms with Crippen LogP contribution in [0.4, 0.5) is 8.78 Å². The number of halogens is 2. The van der Waals surface area contributed by atoms with Gasteiger partial charge in [-0.25, -0.2) is 0 Å². The molecule has 0 amide bonds. The predicted octanol–water partition coefficient (Wildman–Crippen LogP) is 10.2. The molecule has 2 aromatic carbocycles. The van der Waals surface area contributed by atoms with E-state index in [9.17, 15) is 0 Å². The summed E-state index contributed by atoms with van der Waals surface area (Å²) in [5, 5.41) is 0. The third-order valence-electron chi connectivity index (χ3n) is 8.65. The topological polar surface area (TPSA) is 9.23 Å². The molecule has 0 heterocycles. The van der Waals surface area contributed by atoms with Crippen molar-refractivity contribution in [1.82, 2.24) is 0 Å². The lowest BCUT2D eigenvalue weighted by Gasteiger charge is -2.29. The molecular weight excluding hydrogens is 450 g/mol. The van der Waals surface area contributed by atoms with Crippen molar-refractivity contribution in [3.05, 3.63) is 96.1 Å². The van der Waals surface area contributed by atoms with Gasteiger partial charge < -0.3 is 4.74 Å². The van der Waals surface area contributed by atoms with Crippen molar-refractivity contribution in [2.45, 2.75) is 95.2 Å². The van der Waals surface area contributed by atoms with Crippen molar-refractivity contribution < 1.29 is 13.5 Å². The molecule has 36 heavy (non-hydrogen) atoms. The maximum absolute atomic E-state index is 15.0. The minimum Gasteiger partial charge on any atom is -0.309 e. The summed E-state index contributed by atoms with van der Waals surface area (Å²) < 4.78 is 35.3. The number of ether oxygens (including phenoxy) is 1. The number of benzene rings is 2. The molecular formula is C33H42F2O. The van der Waals surface area contributed by atoms with Crippen molar-refractivity contribution in [3.8, 4) is 0 Å².